The maximum atomic E-state index is 13.6. The molecular weight excluding hydrogens is 454 g/mol. The Morgan fingerprint density at radius 3 is 2.61 bits per heavy atom. The largest absolute Gasteiger partial charge is 0.321 e. The third-order valence-corrected chi connectivity index (χ3v) is 12.1. The summed E-state index contributed by atoms with van der Waals surface area (Å²) in [7, 11) is -3.38. The number of hydrogen-bond acceptors (Lipinski definition) is 7. The number of sulfonamides is 1. The number of nitrogens with zero attached hydrogens (tertiary/aromatic N) is 2. The molecule has 5 fully saturated rings. The Kier molecular flexibility index (Phi) is 6.00. The van der Waals surface area contributed by atoms with Gasteiger partial charge >= 0.3 is 6.03 Å². The van der Waals surface area contributed by atoms with Gasteiger partial charge in [0, 0.05) is 35.0 Å². The number of rotatable bonds is 6. The minimum absolute atomic E-state index is 0.00364. The minimum atomic E-state index is -3.38. The number of carbonyl (C=O) groups is 1. The molecule has 2 amide bonds. The molecule has 0 spiro atoms. The van der Waals surface area contributed by atoms with Gasteiger partial charge in [-0.05, 0) is 52.9 Å². The Morgan fingerprint density at radius 2 is 2.00 bits per heavy atom. The van der Waals surface area contributed by atoms with E-state index in [2.05, 4.69) is 34.1 Å². The van der Waals surface area contributed by atoms with E-state index in [1.165, 1.54) is 0 Å². The first kappa shape index (κ1) is 22.6. The van der Waals surface area contributed by atoms with Crippen molar-refractivity contribution in [3.8, 4) is 0 Å². The second-order valence-electron chi connectivity index (χ2n) is 10.1. The summed E-state index contributed by atoms with van der Waals surface area (Å²) < 4.78 is 29.2. The van der Waals surface area contributed by atoms with Crippen molar-refractivity contribution in [1.29, 1.82) is 0 Å². The van der Waals surface area contributed by atoms with Gasteiger partial charge < -0.3 is 15.1 Å². The molecule has 7 unspecified atom stereocenters. The number of thioether (sulfide) groups is 2. The highest BCUT2D eigenvalue weighted by atomic mass is 32.2. The molecule has 3 heterocycles. The van der Waals surface area contributed by atoms with E-state index < -0.39 is 15.3 Å². The number of amides is 2. The minimum Gasteiger partial charge on any atom is -0.318 e. The van der Waals surface area contributed by atoms with Gasteiger partial charge in [-0.15, -0.1) is 23.5 Å². The summed E-state index contributed by atoms with van der Waals surface area (Å²) in [6, 6.07) is 0.507. The molecule has 31 heavy (non-hydrogen) atoms. The highest BCUT2D eigenvalue weighted by Crippen LogP contribution is 2.41. The van der Waals surface area contributed by atoms with Crippen LogP contribution in [0.2, 0.25) is 0 Å². The maximum Gasteiger partial charge on any atom is 0.321 e. The molecule has 3 aliphatic heterocycles. The predicted octanol–water partition coefficient (Wildman–Crippen LogP) is 1.55. The van der Waals surface area contributed by atoms with Crippen molar-refractivity contribution in [2.45, 2.75) is 98.6 Å². The van der Waals surface area contributed by atoms with E-state index in [4.69, 9.17) is 0 Å². The monoisotopic (exact) mass is 489 g/mol. The zero-order chi connectivity index (χ0) is 22.0. The molecule has 3 saturated heterocycles. The van der Waals surface area contributed by atoms with E-state index in [0.29, 0.717) is 29.5 Å². The van der Waals surface area contributed by atoms with E-state index in [9.17, 15) is 13.2 Å². The van der Waals surface area contributed by atoms with Crippen LogP contribution in [0.1, 0.15) is 52.9 Å². The lowest BCUT2D eigenvalue weighted by Crippen LogP contribution is -2.54. The first-order valence-corrected chi connectivity index (χ1v) is 15.2. The van der Waals surface area contributed by atoms with Crippen LogP contribution in [0.15, 0.2) is 0 Å². The van der Waals surface area contributed by atoms with Gasteiger partial charge in [-0.1, -0.05) is 0 Å². The average molecular weight is 490 g/mol. The van der Waals surface area contributed by atoms with Crippen molar-refractivity contribution in [2.24, 2.45) is 0 Å². The summed E-state index contributed by atoms with van der Waals surface area (Å²) in [6.45, 7) is 7.08. The normalized spacial score (nSPS) is 42.3. The van der Waals surface area contributed by atoms with E-state index >= 15 is 0 Å². The van der Waals surface area contributed by atoms with E-state index in [1.54, 1.807) is 11.8 Å². The zero-order valence-corrected chi connectivity index (χ0v) is 21.0. The van der Waals surface area contributed by atoms with E-state index in [1.807, 2.05) is 23.6 Å². The molecule has 0 radical (unpaired) electrons. The topological polar surface area (TPSA) is 93.8 Å². The Balaban J connectivity index is 1.36. The van der Waals surface area contributed by atoms with E-state index in [0.717, 1.165) is 37.4 Å². The molecule has 11 heteroatoms. The highest BCUT2D eigenvalue weighted by Gasteiger charge is 2.54. The summed E-state index contributed by atoms with van der Waals surface area (Å²) in [5.41, 5.74) is -0.254. The van der Waals surface area contributed by atoms with Crippen LogP contribution in [-0.2, 0) is 10.0 Å². The second-order valence-corrected chi connectivity index (χ2v) is 14.7. The predicted molar refractivity (Wildman–Crippen MR) is 127 cm³/mol. The summed E-state index contributed by atoms with van der Waals surface area (Å²) in [6.07, 6.45) is 3.73. The van der Waals surface area contributed by atoms with Crippen LogP contribution in [0.5, 0.6) is 0 Å². The number of hydrogen-bond donors (Lipinski definition) is 3. The number of urea groups is 1. The number of carbonyl (C=O) groups excluding carboxylic acids is 1. The molecule has 176 valence electrons. The van der Waals surface area contributed by atoms with Crippen LogP contribution in [0.4, 0.5) is 4.79 Å². The zero-order valence-electron chi connectivity index (χ0n) is 18.5. The first-order valence-electron chi connectivity index (χ1n) is 11.5. The summed E-state index contributed by atoms with van der Waals surface area (Å²) >= 11 is 3.70. The van der Waals surface area contributed by atoms with Crippen LogP contribution >= 0.6 is 23.5 Å². The smallest absolute Gasteiger partial charge is 0.318 e. The van der Waals surface area contributed by atoms with Gasteiger partial charge in [-0.2, -0.15) is 0 Å². The molecule has 3 N–H and O–H groups in total. The fraction of sp³-hybridized carbons (Fsp3) is 0.950. The Hall–Kier alpha value is -0.200. The van der Waals surface area contributed by atoms with Gasteiger partial charge in [-0.3, -0.25) is 5.32 Å². The first-order chi connectivity index (χ1) is 14.7. The molecule has 7 atom stereocenters. The molecule has 0 aromatic carbocycles. The van der Waals surface area contributed by atoms with Gasteiger partial charge in [0.1, 0.15) is 0 Å². The van der Waals surface area contributed by atoms with Crippen molar-refractivity contribution in [2.75, 3.05) is 18.2 Å². The molecule has 0 bridgehead atoms. The van der Waals surface area contributed by atoms with Crippen molar-refractivity contribution in [3.63, 3.8) is 0 Å². The maximum absolute atomic E-state index is 13.6. The van der Waals surface area contributed by atoms with Gasteiger partial charge in [0.25, 0.3) is 0 Å². The molecule has 5 aliphatic rings. The Bertz CT molecular complexity index is 817. The van der Waals surface area contributed by atoms with Crippen molar-refractivity contribution >= 4 is 39.6 Å². The molecule has 0 aromatic rings. The molecule has 5 rings (SSSR count). The van der Waals surface area contributed by atoms with Crippen molar-refractivity contribution in [3.05, 3.63) is 0 Å². The van der Waals surface area contributed by atoms with Crippen LogP contribution in [0.25, 0.3) is 0 Å². The lowest BCUT2D eigenvalue weighted by molar-refractivity contribution is 0.155. The summed E-state index contributed by atoms with van der Waals surface area (Å²) in [4.78, 5) is 17.7. The van der Waals surface area contributed by atoms with Gasteiger partial charge in [0.15, 0.2) is 0 Å². The number of nitrogens with one attached hydrogen (secondary N) is 3. The average Bonchev–Trinajstić information content (AvgIpc) is 3.05. The number of fused-ring (bicyclic) bond motifs is 1. The molecule has 8 nitrogen and oxygen atoms in total. The quantitative estimate of drug-likeness (QED) is 0.521. The standard InChI is InChI=1S/C20H35N5O3S3/c1-12-17(30-13(2)22-12)9-24-15-5-4-14(31(27,28)23-20(3)6-7-20)8-16(15)25(19(24)26)18-10-29-11-21-18/h12-18,21-23H,4-11H2,1-3H3. The van der Waals surface area contributed by atoms with Crippen molar-refractivity contribution < 1.29 is 13.2 Å². The highest BCUT2D eigenvalue weighted by molar-refractivity contribution is 8.00. The van der Waals surface area contributed by atoms with E-state index in [-0.39, 0.29) is 29.8 Å². The third kappa shape index (κ3) is 4.35. The van der Waals surface area contributed by atoms with Crippen LogP contribution in [0, 0.1) is 0 Å². The second kappa shape index (κ2) is 8.23. The fourth-order valence-electron chi connectivity index (χ4n) is 5.62. The molecular formula is C20H35N5O3S3. The molecule has 2 saturated carbocycles. The lowest BCUT2D eigenvalue weighted by atomic mass is 9.89. The van der Waals surface area contributed by atoms with Gasteiger partial charge in [0.05, 0.1) is 28.9 Å². The lowest BCUT2D eigenvalue weighted by Gasteiger charge is -2.38. The molecule has 2 aliphatic carbocycles. The Morgan fingerprint density at radius 1 is 1.23 bits per heavy atom. The van der Waals surface area contributed by atoms with Crippen molar-refractivity contribution in [1.82, 2.24) is 25.2 Å². The van der Waals surface area contributed by atoms with Crippen LogP contribution in [-0.4, -0.2) is 88.1 Å². The van der Waals surface area contributed by atoms with Gasteiger partial charge in [0.2, 0.25) is 10.0 Å². The van der Waals surface area contributed by atoms with Crippen LogP contribution in [0.3, 0.4) is 0 Å². The van der Waals surface area contributed by atoms with Gasteiger partial charge in [-0.25, -0.2) is 17.9 Å². The summed E-state index contributed by atoms with van der Waals surface area (Å²) in [5, 5.41) is 7.35. The summed E-state index contributed by atoms with van der Waals surface area (Å²) in [5.74, 6) is 1.70. The molecule has 0 aromatic heterocycles. The SMILES string of the molecule is CC1NC(C)C(CN2C(=O)N(C3CSCN3)C3CC(S(=O)(=O)NC4(C)CC4)CCC32)S1. The van der Waals surface area contributed by atoms with Crippen LogP contribution < -0.4 is 15.4 Å². The Labute approximate surface area is 194 Å². The third-order valence-electron chi connectivity index (χ3n) is 7.63. The fourth-order valence-corrected chi connectivity index (χ4v) is 9.88.